The highest BCUT2D eigenvalue weighted by Gasteiger charge is 2.37. The summed E-state index contributed by atoms with van der Waals surface area (Å²) < 4.78 is 54.8. The smallest absolute Gasteiger partial charge is 0.336 e. The molecule has 0 aliphatic heterocycles. The van der Waals surface area contributed by atoms with Gasteiger partial charge in [0.05, 0.1) is 16.7 Å². The van der Waals surface area contributed by atoms with Crippen molar-refractivity contribution in [2.24, 2.45) is 0 Å². The fraction of sp³-hybridized carbons (Fsp3) is 0.176. The Morgan fingerprint density at radius 2 is 1.93 bits per heavy atom. The van der Waals surface area contributed by atoms with Crippen molar-refractivity contribution in [3.63, 3.8) is 0 Å². The number of benzene rings is 2. The number of nitrogens with zero attached hydrogens (tertiary/aromatic N) is 2. The van der Waals surface area contributed by atoms with Gasteiger partial charge in [0.1, 0.15) is 5.82 Å². The first-order chi connectivity index (χ1) is 12.8. The van der Waals surface area contributed by atoms with Gasteiger partial charge in [-0.2, -0.15) is 13.2 Å². The molecule has 0 saturated heterocycles. The van der Waals surface area contributed by atoms with Gasteiger partial charge in [0.15, 0.2) is 0 Å². The molecule has 0 aliphatic carbocycles. The fourth-order valence-electron chi connectivity index (χ4n) is 2.56. The second-order valence-electron chi connectivity index (χ2n) is 5.58. The number of imidazole rings is 1. The molecular weight excluding hydrogens is 432 g/mol. The minimum atomic E-state index is -4.62. The molecule has 2 aromatic carbocycles. The van der Waals surface area contributed by atoms with Crippen LogP contribution in [0.3, 0.4) is 0 Å². The molecule has 2 N–H and O–H groups in total. The van der Waals surface area contributed by atoms with Crippen LogP contribution in [-0.4, -0.2) is 22.1 Å². The van der Waals surface area contributed by atoms with E-state index in [4.69, 9.17) is 0 Å². The van der Waals surface area contributed by atoms with Gasteiger partial charge < -0.3 is 15.2 Å². The van der Waals surface area contributed by atoms with E-state index < -0.39 is 23.8 Å². The zero-order chi connectivity index (χ0) is 19.6. The number of halogens is 5. The topological polar surface area (TPSA) is 59.0 Å². The molecule has 1 aromatic heterocycles. The molecule has 0 atom stereocenters. The highest BCUT2D eigenvalue weighted by atomic mass is 79.9. The first kappa shape index (κ1) is 19.2. The molecule has 3 aromatic rings. The summed E-state index contributed by atoms with van der Waals surface area (Å²) in [6.45, 7) is -0.251. The molecule has 142 valence electrons. The number of aromatic nitrogens is 2. The molecule has 0 fully saturated rings. The third kappa shape index (κ3) is 4.38. The lowest BCUT2D eigenvalue weighted by molar-refractivity contribution is -0.146. The number of carbonyl (C=O) groups is 1. The van der Waals surface area contributed by atoms with Crippen LogP contribution >= 0.6 is 15.9 Å². The van der Waals surface area contributed by atoms with Gasteiger partial charge >= 0.3 is 12.2 Å². The summed E-state index contributed by atoms with van der Waals surface area (Å²) in [6.07, 6.45) is -4.62. The number of urea groups is 1. The minimum absolute atomic E-state index is 0.0419. The van der Waals surface area contributed by atoms with Crippen molar-refractivity contribution in [1.29, 1.82) is 0 Å². The number of rotatable bonds is 4. The average Bonchev–Trinajstić information content (AvgIpc) is 2.97. The van der Waals surface area contributed by atoms with E-state index in [2.05, 4.69) is 31.5 Å². The molecular formula is C17H13BrF4N4O. The molecule has 1 heterocycles. The number of nitrogens with one attached hydrogen (secondary N) is 2. The van der Waals surface area contributed by atoms with E-state index in [9.17, 15) is 22.4 Å². The zero-order valence-electron chi connectivity index (χ0n) is 13.6. The molecule has 0 aliphatic rings. The first-order valence-corrected chi connectivity index (χ1v) is 8.57. The SMILES string of the molecule is O=C(NCCn1c(C(F)(F)F)nc2ccccc21)Nc1ccc(Br)cc1F. The summed E-state index contributed by atoms with van der Waals surface area (Å²) in [7, 11) is 0. The monoisotopic (exact) mass is 444 g/mol. The van der Waals surface area contributed by atoms with E-state index in [1.54, 1.807) is 18.2 Å². The van der Waals surface area contributed by atoms with Crippen LogP contribution in [0.5, 0.6) is 0 Å². The average molecular weight is 445 g/mol. The van der Waals surface area contributed by atoms with Crippen molar-refractivity contribution in [1.82, 2.24) is 14.9 Å². The van der Waals surface area contributed by atoms with Crippen molar-refractivity contribution >= 4 is 38.7 Å². The van der Waals surface area contributed by atoms with Crippen LogP contribution in [0.2, 0.25) is 0 Å². The van der Waals surface area contributed by atoms with E-state index in [0.29, 0.717) is 9.99 Å². The van der Waals surface area contributed by atoms with Gasteiger partial charge in [-0.3, -0.25) is 0 Å². The number of hydrogen-bond donors (Lipinski definition) is 2. The zero-order valence-corrected chi connectivity index (χ0v) is 15.2. The maximum atomic E-state index is 13.7. The Morgan fingerprint density at radius 1 is 1.19 bits per heavy atom. The van der Waals surface area contributed by atoms with Gasteiger partial charge in [-0.15, -0.1) is 0 Å². The van der Waals surface area contributed by atoms with E-state index in [1.807, 2.05) is 0 Å². The summed E-state index contributed by atoms with van der Waals surface area (Å²) in [5, 5.41) is 4.72. The summed E-state index contributed by atoms with van der Waals surface area (Å²) in [6, 6.07) is 9.58. The van der Waals surface area contributed by atoms with Crippen LogP contribution in [0.15, 0.2) is 46.9 Å². The van der Waals surface area contributed by atoms with E-state index in [0.717, 1.165) is 4.57 Å². The Hall–Kier alpha value is -2.62. The van der Waals surface area contributed by atoms with Gasteiger partial charge in [0.2, 0.25) is 5.82 Å². The van der Waals surface area contributed by atoms with Gasteiger partial charge in [0.25, 0.3) is 0 Å². The highest BCUT2D eigenvalue weighted by molar-refractivity contribution is 9.10. The Labute approximate surface area is 159 Å². The minimum Gasteiger partial charge on any atom is -0.336 e. The fourth-order valence-corrected chi connectivity index (χ4v) is 2.89. The molecule has 0 bridgehead atoms. The molecule has 0 spiro atoms. The predicted molar refractivity (Wildman–Crippen MR) is 95.9 cm³/mol. The van der Waals surface area contributed by atoms with Crippen molar-refractivity contribution < 1.29 is 22.4 Å². The second kappa shape index (κ2) is 7.55. The summed E-state index contributed by atoms with van der Waals surface area (Å²) in [4.78, 5) is 15.5. The molecule has 0 radical (unpaired) electrons. The van der Waals surface area contributed by atoms with Crippen molar-refractivity contribution in [3.8, 4) is 0 Å². The molecule has 27 heavy (non-hydrogen) atoms. The molecule has 0 unspecified atom stereocenters. The molecule has 10 heteroatoms. The Morgan fingerprint density at radius 3 is 2.63 bits per heavy atom. The lowest BCUT2D eigenvalue weighted by atomic mass is 10.3. The highest BCUT2D eigenvalue weighted by Crippen LogP contribution is 2.31. The maximum Gasteiger partial charge on any atom is 0.449 e. The van der Waals surface area contributed by atoms with Gasteiger partial charge in [-0.25, -0.2) is 14.2 Å². The number of hydrogen-bond acceptors (Lipinski definition) is 2. The van der Waals surface area contributed by atoms with Crippen molar-refractivity contribution in [3.05, 3.63) is 58.6 Å². The predicted octanol–water partition coefficient (Wildman–Crippen LogP) is 4.78. The Bertz CT molecular complexity index is 987. The number of alkyl halides is 3. The Balaban J connectivity index is 1.69. The molecule has 0 saturated carbocycles. The number of anilines is 1. The van der Waals surface area contributed by atoms with E-state index in [-0.39, 0.29) is 24.3 Å². The van der Waals surface area contributed by atoms with Crippen molar-refractivity contribution in [2.75, 3.05) is 11.9 Å². The molecule has 3 rings (SSSR count). The van der Waals surface area contributed by atoms with Gasteiger partial charge in [-0.05, 0) is 30.3 Å². The maximum absolute atomic E-state index is 13.7. The normalized spacial score (nSPS) is 11.6. The number of amides is 2. The number of carbonyl (C=O) groups excluding carboxylic acids is 1. The summed E-state index contributed by atoms with van der Waals surface area (Å²) >= 11 is 3.10. The largest absolute Gasteiger partial charge is 0.449 e. The van der Waals surface area contributed by atoms with Gasteiger partial charge in [-0.1, -0.05) is 28.1 Å². The summed E-state index contributed by atoms with van der Waals surface area (Å²) in [5.74, 6) is -1.68. The number of fused-ring (bicyclic) bond motifs is 1. The third-order valence-electron chi connectivity index (χ3n) is 3.71. The van der Waals surface area contributed by atoms with Crippen LogP contribution in [-0.2, 0) is 12.7 Å². The Kier molecular flexibility index (Phi) is 5.36. The first-order valence-electron chi connectivity index (χ1n) is 7.78. The quantitative estimate of drug-likeness (QED) is 0.569. The summed E-state index contributed by atoms with van der Waals surface area (Å²) in [5.41, 5.74) is 0.483. The molecule has 2 amide bonds. The van der Waals surface area contributed by atoms with E-state index in [1.165, 1.54) is 24.3 Å². The third-order valence-corrected chi connectivity index (χ3v) is 4.20. The van der Waals surface area contributed by atoms with Crippen LogP contribution in [0.4, 0.5) is 28.0 Å². The lowest BCUT2D eigenvalue weighted by Gasteiger charge is -2.13. The standard InChI is InChI=1S/C17H13BrF4N4O/c18-10-5-6-12(11(19)9-10)25-16(27)23-7-8-26-14-4-2-1-3-13(14)24-15(26)17(20,21)22/h1-6,9H,7-8H2,(H2,23,25,27). The lowest BCUT2D eigenvalue weighted by Crippen LogP contribution is -2.32. The van der Waals surface area contributed by atoms with Crippen LogP contribution < -0.4 is 10.6 Å². The van der Waals surface area contributed by atoms with Crippen LogP contribution in [0, 0.1) is 5.82 Å². The number of para-hydroxylation sites is 2. The van der Waals surface area contributed by atoms with Crippen molar-refractivity contribution in [2.45, 2.75) is 12.7 Å². The molecule has 5 nitrogen and oxygen atoms in total. The van der Waals surface area contributed by atoms with Gasteiger partial charge in [0, 0.05) is 17.6 Å². The second-order valence-corrected chi connectivity index (χ2v) is 6.49. The van der Waals surface area contributed by atoms with E-state index >= 15 is 0 Å². The van der Waals surface area contributed by atoms with Crippen LogP contribution in [0.1, 0.15) is 5.82 Å². The van der Waals surface area contributed by atoms with Crippen LogP contribution in [0.25, 0.3) is 11.0 Å².